The van der Waals surface area contributed by atoms with Gasteiger partial charge in [0.1, 0.15) is 5.82 Å². The van der Waals surface area contributed by atoms with E-state index in [4.69, 9.17) is 9.90 Å². The highest BCUT2D eigenvalue weighted by Gasteiger charge is 2.23. The van der Waals surface area contributed by atoms with E-state index in [-0.39, 0.29) is 6.47 Å². The zero-order valence-electron chi connectivity index (χ0n) is 20.8. The van der Waals surface area contributed by atoms with Crippen LogP contribution in [0.4, 0.5) is 14.5 Å². The van der Waals surface area contributed by atoms with E-state index in [0.29, 0.717) is 16.9 Å². The lowest BCUT2D eigenvalue weighted by molar-refractivity contribution is -0.122. The van der Waals surface area contributed by atoms with Crippen LogP contribution in [-0.4, -0.2) is 83.8 Å². The highest BCUT2D eigenvalue weighted by molar-refractivity contribution is 5.81. The van der Waals surface area contributed by atoms with Crippen LogP contribution >= 0.6 is 0 Å². The van der Waals surface area contributed by atoms with Crippen LogP contribution in [-0.2, 0) is 4.79 Å². The average Bonchev–Trinajstić information content (AvgIpc) is 3.29. The predicted octanol–water partition coefficient (Wildman–Crippen LogP) is 4.65. The Morgan fingerprint density at radius 1 is 1.03 bits per heavy atom. The van der Waals surface area contributed by atoms with Crippen molar-refractivity contribution in [1.82, 2.24) is 19.4 Å². The molecule has 36 heavy (non-hydrogen) atoms. The highest BCUT2D eigenvalue weighted by atomic mass is 19.3. The van der Waals surface area contributed by atoms with Crippen LogP contribution in [0, 0.1) is 5.92 Å². The van der Waals surface area contributed by atoms with E-state index >= 15 is 0 Å². The maximum absolute atomic E-state index is 13.9. The summed E-state index contributed by atoms with van der Waals surface area (Å²) in [7, 11) is 2.20. The number of halogens is 2. The largest absolute Gasteiger partial charge is 0.483 e. The third kappa shape index (κ3) is 6.20. The number of piperazine rings is 1. The Kier molecular flexibility index (Phi) is 8.88. The first-order chi connectivity index (χ1) is 17.5. The molecule has 2 aliphatic rings. The molecule has 7 nitrogen and oxygen atoms in total. The van der Waals surface area contributed by atoms with Crippen LogP contribution in [0.1, 0.15) is 25.8 Å². The molecule has 5 rings (SSSR count). The van der Waals surface area contributed by atoms with Gasteiger partial charge in [0.2, 0.25) is 0 Å². The van der Waals surface area contributed by atoms with Crippen molar-refractivity contribution in [3.8, 4) is 11.4 Å². The molecule has 2 fully saturated rings. The Balaban J connectivity index is 0.000000967. The summed E-state index contributed by atoms with van der Waals surface area (Å²) in [5, 5.41) is 6.89. The molecule has 0 bridgehead atoms. The fourth-order valence-electron chi connectivity index (χ4n) is 5.20. The van der Waals surface area contributed by atoms with Crippen molar-refractivity contribution in [2.24, 2.45) is 5.92 Å². The van der Waals surface area contributed by atoms with Gasteiger partial charge < -0.3 is 19.8 Å². The van der Waals surface area contributed by atoms with Crippen molar-refractivity contribution in [2.45, 2.75) is 25.8 Å². The lowest BCUT2D eigenvalue weighted by Gasteiger charge is -2.36. The number of para-hydroxylation sites is 2. The number of hydrogen-bond acceptors (Lipinski definition) is 5. The highest BCUT2D eigenvalue weighted by Crippen LogP contribution is 2.33. The summed E-state index contributed by atoms with van der Waals surface area (Å²) in [5.41, 5.74) is 2.90. The molecule has 3 heterocycles. The van der Waals surface area contributed by atoms with Crippen LogP contribution in [0.5, 0.6) is 0 Å². The first-order valence-electron chi connectivity index (χ1n) is 12.6. The van der Waals surface area contributed by atoms with E-state index in [9.17, 15) is 8.78 Å². The maximum Gasteiger partial charge on any atom is 0.320 e. The minimum absolute atomic E-state index is 0.250. The van der Waals surface area contributed by atoms with Crippen molar-refractivity contribution in [3.63, 3.8) is 0 Å². The summed E-state index contributed by atoms with van der Waals surface area (Å²) in [6, 6.07) is 15.0. The molecule has 194 valence electrons. The standard InChI is InChI=1S/C26H33F2N5.CH2O2/c1-30-15-17-31(18-16-30)12-9-20-10-13-32(14-11-20)22-6-4-5-21(19-22)25-29-23-7-2-3-8-24(23)33(25)26(27)28;2-1-3/h2-8,19-20,26H,9-18H2,1H3;1H,(H,2,3). The fourth-order valence-corrected chi connectivity index (χ4v) is 5.20. The minimum atomic E-state index is -2.63. The molecule has 2 aromatic carbocycles. The predicted molar refractivity (Wildman–Crippen MR) is 139 cm³/mol. The van der Waals surface area contributed by atoms with Gasteiger partial charge in [0.25, 0.3) is 6.47 Å². The van der Waals surface area contributed by atoms with Crippen LogP contribution < -0.4 is 4.90 Å². The van der Waals surface area contributed by atoms with Crippen molar-refractivity contribution in [2.75, 3.05) is 57.8 Å². The first kappa shape index (κ1) is 26.0. The second kappa shape index (κ2) is 12.3. The molecule has 0 saturated carbocycles. The third-order valence-corrected chi connectivity index (χ3v) is 7.32. The second-order valence-corrected chi connectivity index (χ2v) is 9.59. The van der Waals surface area contributed by atoms with Gasteiger partial charge in [-0.2, -0.15) is 8.78 Å². The number of aromatic nitrogens is 2. The van der Waals surface area contributed by atoms with Gasteiger partial charge >= 0.3 is 6.55 Å². The number of carbonyl (C=O) groups is 1. The van der Waals surface area contributed by atoms with E-state index in [1.165, 1.54) is 52.0 Å². The van der Waals surface area contributed by atoms with E-state index in [0.717, 1.165) is 34.8 Å². The van der Waals surface area contributed by atoms with Gasteiger partial charge in [0.05, 0.1) is 11.0 Å². The van der Waals surface area contributed by atoms with Gasteiger partial charge in [-0.3, -0.25) is 9.36 Å². The monoisotopic (exact) mass is 499 g/mol. The fraction of sp³-hybridized carbons (Fsp3) is 0.481. The summed E-state index contributed by atoms with van der Waals surface area (Å²) >= 11 is 0. The minimum Gasteiger partial charge on any atom is -0.483 e. The molecule has 0 spiro atoms. The Bertz CT molecular complexity index is 1120. The van der Waals surface area contributed by atoms with Crippen LogP contribution in [0.15, 0.2) is 48.5 Å². The zero-order valence-corrected chi connectivity index (χ0v) is 20.8. The maximum atomic E-state index is 13.9. The molecule has 0 atom stereocenters. The summed E-state index contributed by atoms with van der Waals surface area (Å²) in [4.78, 5) is 20.3. The van der Waals surface area contributed by atoms with Crippen LogP contribution in [0.2, 0.25) is 0 Å². The summed E-state index contributed by atoms with van der Waals surface area (Å²) in [6.07, 6.45) is 3.65. The lowest BCUT2D eigenvalue weighted by atomic mass is 9.93. The molecule has 0 radical (unpaired) electrons. The van der Waals surface area contributed by atoms with Crippen molar-refractivity contribution in [1.29, 1.82) is 0 Å². The van der Waals surface area contributed by atoms with Crippen molar-refractivity contribution < 1.29 is 18.7 Å². The molecular weight excluding hydrogens is 464 g/mol. The Labute approximate surface area is 210 Å². The molecular formula is C27H35F2N5O2. The molecule has 1 N–H and O–H groups in total. The normalized spacial score (nSPS) is 17.8. The molecule has 2 saturated heterocycles. The molecule has 9 heteroatoms. The SMILES string of the molecule is CN1CCN(CCC2CCN(c3cccc(-c4nc5ccccc5n4C(F)F)c3)CC2)CC1.O=CO. The van der Waals surface area contributed by atoms with Gasteiger partial charge in [-0.25, -0.2) is 4.98 Å². The lowest BCUT2D eigenvalue weighted by Crippen LogP contribution is -2.45. The zero-order chi connectivity index (χ0) is 25.5. The molecule has 0 unspecified atom stereocenters. The van der Waals surface area contributed by atoms with E-state index < -0.39 is 6.55 Å². The van der Waals surface area contributed by atoms with E-state index in [1.54, 1.807) is 18.2 Å². The van der Waals surface area contributed by atoms with Crippen molar-refractivity contribution >= 4 is 23.2 Å². The number of hydrogen-bond donors (Lipinski definition) is 1. The number of benzene rings is 2. The smallest absolute Gasteiger partial charge is 0.320 e. The third-order valence-electron chi connectivity index (χ3n) is 7.32. The molecule has 0 amide bonds. The molecule has 3 aromatic rings. The number of alkyl halides is 2. The molecule has 0 aliphatic carbocycles. The molecule has 1 aromatic heterocycles. The number of anilines is 1. The number of imidazole rings is 1. The van der Waals surface area contributed by atoms with Gasteiger partial charge in [-0.15, -0.1) is 0 Å². The number of piperidine rings is 1. The van der Waals surface area contributed by atoms with Crippen LogP contribution in [0.3, 0.4) is 0 Å². The van der Waals surface area contributed by atoms with Crippen LogP contribution in [0.25, 0.3) is 22.4 Å². The average molecular weight is 500 g/mol. The van der Waals surface area contributed by atoms with Gasteiger partial charge in [0.15, 0.2) is 0 Å². The summed E-state index contributed by atoms with van der Waals surface area (Å²) in [6.45, 7) is 5.08. The summed E-state index contributed by atoms with van der Waals surface area (Å²) in [5.74, 6) is 1.10. The number of carboxylic acid groups (broad SMARTS) is 1. The number of rotatable bonds is 6. The van der Waals surface area contributed by atoms with Gasteiger partial charge in [0, 0.05) is 50.5 Å². The topological polar surface area (TPSA) is 64.8 Å². The van der Waals surface area contributed by atoms with Gasteiger partial charge in [-0.05, 0) is 63.0 Å². The van der Waals surface area contributed by atoms with Crippen molar-refractivity contribution in [3.05, 3.63) is 48.5 Å². The first-order valence-corrected chi connectivity index (χ1v) is 12.6. The van der Waals surface area contributed by atoms with Gasteiger partial charge in [-0.1, -0.05) is 24.3 Å². The van der Waals surface area contributed by atoms with E-state index in [1.807, 2.05) is 24.3 Å². The number of likely N-dealkylation sites (N-methyl/N-ethyl adjacent to an activating group) is 1. The second-order valence-electron chi connectivity index (χ2n) is 9.59. The quantitative estimate of drug-likeness (QED) is 0.498. The summed E-state index contributed by atoms with van der Waals surface area (Å²) < 4.78 is 28.9. The Morgan fingerprint density at radius 3 is 2.42 bits per heavy atom. The number of nitrogens with zero attached hydrogens (tertiary/aromatic N) is 5. The number of fused-ring (bicyclic) bond motifs is 1. The Morgan fingerprint density at radius 2 is 1.72 bits per heavy atom. The Hall–Kier alpha value is -3.04. The van der Waals surface area contributed by atoms with E-state index in [2.05, 4.69) is 32.8 Å². The molecule has 2 aliphatic heterocycles.